The fourth-order valence-electron chi connectivity index (χ4n) is 1.14. The highest BCUT2D eigenvalue weighted by Crippen LogP contribution is 2.62. The van der Waals surface area contributed by atoms with Crippen molar-refractivity contribution in [2.45, 2.75) is 32.4 Å². The Hall–Kier alpha value is -0.440. The van der Waals surface area contributed by atoms with Gasteiger partial charge in [-0.05, 0) is 36.9 Å². The molecule has 5 heteroatoms. The molecule has 1 aromatic rings. The van der Waals surface area contributed by atoms with E-state index < -0.39 is 6.80 Å². The topological polar surface area (TPSA) is 35.5 Å². The van der Waals surface area contributed by atoms with E-state index >= 15 is 0 Å². The van der Waals surface area contributed by atoms with Gasteiger partial charge in [0.05, 0.1) is 6.61 Å². The molecule has 0 heterocycles. The third-order valence-electron chi connectivity index (χ3n) is 2.13. The van der Waals surface area contributed by atoms with Gasteiger partial charge in [-0.25, -0.2) is 4.57 Å². The molecule has 1 aromatic carbocycles. The van der Waals surface area contributed by atoms with E-state index in [4.69, 9.17) is 9.05 Å². The van der Waals surface area contributed by atoms with E-state index in [1.807, 2.05) is 32.0 Å². The first-order chi connectivity index (χ1) is 8.09. The Kier molecular flexibility index (Phi) is 6.10. The van der Waals surface area contributed by atoms with Crippen molar-refractivity contribution in [2.24, 2.45) is 0 Å². The Morgan fingerprint density at radius 2 is 1.94 bits per heavy atom. The van der Waals surface area contributed by atoms with Crippen molar-refractivity contribution >= 4 is 18.2 Å². The quantitative estimate of drug-likeness (QED) is 0.673. The number of hydrogen-bond donors (Lipinski definition) is 0. The first kappa shape index (κ1) is 14.6. The zero-order valence-corrected chi connectivity index (χ0v) is 12.2. The molecule has 0 N–H and O–H groups in total. The predicted octanol–water partition coefficient (Wildman–Crippen LogP) is 4.74. The molecule has 2 unspecified atom stereocenters. The average Bonchev–Trinajstić information content (AvgIpc) is 2.30. The highest BCUT2D eigenvalue weighted by molar-refractivity contribution is 8.55. The van der Waals surface area contributed by atoms with E-state index in [1.54, 1.807) is 12.1 Å². The van der Waals surface area contributed by atoms with E-state index in [-0.39, 0.29) is 5.25 Å². The van der Waals surface area contributed by atoms with E-state index in [9.17, 15) is 4.57 Å². The van der Waals surface area contributed by atoms with Gasteiger partial charge in [-0.3, -0.25) is 4.52 Å². The van der Waals surface area contributed by atoms with Crippen LogP contribution in [0.4, 0.5) is 0 Å². The third-order valence-corrected chi connectivity index (χ3v) is 6.49. The highest BCUT2D eigenvalue weighted by atomic mass is 32.7. The van der Waals surface area contributed by atoms with Crippen molar-refractivity contribution in [1.82, 2.24) is 0 Å². The molecule has 0 radical (unpaired) electrons. The van der Waals surface area contributed by atoms with Crippen LogP contribution in [0, 0.1) is 0 Å². The molecule has 0 fully saturated rings. The molecule has 17 heavy (non-hydrogen) atoms. The lowest BCUT2D eigenvalue weighted by Crippen LogP contribution is -2.00. The van der Waals surface area contributed by atoms with Gasteiger partial charge >= 0.3 is 6.80 Å². The van der Waals surface area contributed by atoms with Crippen LogP contribution in [0.3, 0.4) is 0 Å². The lowest BCUT2D eigenvalue weighted by Gasteiger charge is -2.20. The molecule has 2 atom stereocenters. The van der Waals surface area contributed by atoms with Crippen LogP contribution in [0.5, 0.6) is 5.75 Å². The summed E-state index contributed by atoms with van der Waals surface area (Å²) in [6, 6.07) is 9.14. The van der Waals surface area contributed by atoms with Crippen molar-refractivity contribution < 1.29 is 13.6 Å². The average molecular weight is 274 g/mol. The van der Waals surface area contributed by atoms with Crippen LogP contribution in [0.25, 0.3) is 0 Å². The van der Waals surface area contributed by atoms with Crippen LogP contribution in [0.15, 0.2) is 30.3 Å². The Morgan fingerprint density at radius 1 is 1.29 bits per heavy atom. The van der Waals surface area contributed by atoms with Crippen LogP contribution >= 0.6 is 18.2 Å². The number of hydrogen-bond acceptors (Lipinski definition) is 4. The second kappa shape index (κ2) is 7.10. The molecule has 0 amide bonds. The van der Waals surface area contributed by atoms with Crippen LogP contribution in [-0.2, 0) is 9.09 Å². The summed E-state index contributed by atoms with van der Waals surface area (Å²) in [4.78, 5) is 0. The van der Waals surface area contributed by atoms with Gasteiger partial charge in [0.15, 0.2) is 0 Å². The van der Waals surface area contributed by atoms with Gasteiger partial charge < -0.3 is 4.52 Å². The lowest BCUT2D eigenvalue weighted by atomic mass is 10.3. The zero-order valence-electron chi connectivity index (χ0n) is 10.5. The zero-order chi connectivity index (χ0) is 12.7. The van der Waals surface area contributed by atoms with Gasteiger partial charge in [-0.2, -0.15) is 0 Å². The summed E-state index contributed by atoms with van der Waals surface area (Å²) in [7, 11) is 0. The Labute approximate surface area is 107 Å². The van der Waals surface area contributed by atoms with Gasteiger partial charge in [-0.15, -0.1) is 0 Å². The number of benzene rings is 1. The fourth-order valence-corrected chi connectivity index (χ4v) is 5.24. The molecule has 0 aliphatic carbocycles. The van der Waals surface area contributed by atoms with Crippen molar-refractivity contribution in [3.63, 3.8) is 0 Å². The molecule has 0 spiro atoms. The minimum absolute atomic E-state index is 0.246. The van der Waals surface area contributed by atoms with E-state index in [0.717, 1.165) is 6.42 Å². The molecular weight excluding hydrogens is 255 g/mol. The summed E-state index contributed by atoms with van der Waals surface area (Å²) >= 11 is 1.28. The summed E-state index contributed by atoms with van der Waals surface area (Å²) in [5.74, 6) is 0.583. The van der Waals surface area contributed by atoms with Crippen molar-refractivity contribution in [1.29, 1.82) is 0 Å². The molecule has 0 aliphatic heterocycles. The first-order valence-corrected chi connectivity index (χ1v) is 8.80. The molecule has 0 aliphatic rings. The summed E-state index contributed by atoms with van der Waals surface area (Å²) in [5.41, 5.74) is 0. The minimum Gasteiger partial charge on any atom is -0.417 e. The second-order valence-corrected chi connectivity index (χ2v) is 7.92. The molecule has 1 rings (SSSR count). The standard InChI is InChI=1S/C12H19O3PS/c1-4-11(3)17-16(13,14-5-2)15-12-9-7-6-8-10-12/h6-11H,4-5H2,1-3H3. The molecule has 0 bridgehead atoms. The maximum Gasteiger partial charge on any atom is 0.440 e. The minimum atomic E-state index is -3.10. The van der Waals surface area contributed by atoms with Crippen LogP contribution in [-0.4, -0.2) is 11.9 Å². The first-order valence-electron chi connectivity index (χ1n) is 5.77. The van der Waals surface area contributed by atoms with Gasteiger partial charge in [0, 0.05) is 5.25 Å². The van der Waals surface area contributed by atoms with E-state index in [0.29, 0.717) is 12.4 Å². The van der Waals surface area contributed by atoms with Gasteiger partial charge in [0.1, 0.15) is 5.75 Å². The van der Waals surface area contributed by atoms with Gasteiger partial charge in [-0.1, -0.05) is 32.0 Å². The molecule has 0 saturated heterocycles. The fraction of sp³-hybridized carbons (Fsp3) is 0.500. The maximum absolute atomic E-state index is 12.5. The summed E-state index contributed by atoms with van der Waals surface area (Å²) in [5, 5.41) is 0.246. The summed E-state index contributed by atoms with van der Waals surface area (Å²) < 4.78 is 23.3. The molecule has 0 saturated carbocycles. The Morgan fingerprint density at radius 3 is 2.47 bits per heavy atom. The van der Waals surface area contributed by atoms with Crippen LogP contribution in [0.2, 0.25) is 0 Å². The van der Waals surface area contributed by atoms with E-state index in [1.165, 1.54) is 11.4 Å². The second-order valence-electron chi connectivity index (χ2n) is 3.59. The van der Waals surface area contributed by atoms with Crippen molar-refractivity contribution in [2.75, 3.05) is 6.61 Å². The summed E-state index contributed by atoms with van der Waals surface area (Å²) in [6.45, 7) is 3.17. The number of rotatable bonds is 7. The molecule has 96 valence electrons. The lowest BCUT2D eigenvalue weighted by molar-refractivity contribution is 0.296. The monoisotopic (exact) mass is 274 g/mol. The highest BCUT2D eigenvalue weighted by Gasteiger charge is 2.29. The normalized spacial score (nSPS) is 16.2. The van der Waals surface area contributed by atoms with Gasteiger partial charge in [0.25, 0.3) is 0 Å². The van der Waals surface area contributed by atoms with Gasteiger partial charge in [0.2, 0.25) is 0 Å². The number of para-hydroxylation sites is 1. The maximum atomic E-state index is 12.5. The third kappa shape index (κ3) is 5.15. The van der Waals surface area contributed by atoms with Crippen LogP contribution < -0.4 is 4.52 Å². The van der Waals surface area contributed by atoms with Crippen molar-refractivity contribution in [3.05, 3.63) is 30.3 Å². The largest absolute Gasteiger partial charge is 0.440 e. The molecule has 3 nitrogen and oxygen atoms in total. The van der Waals surface area contributed by atoms with Crippen LogP contribution in [0.1, 0.15) is 27.2 Å². The molecular formula is C12H19O3PS. The smallest absolute Gasteiger partial charge is 0.417 e. The Bertz CT molecular complexity index is 369. The SMILES string of the molecule is CCOP(=O)(Oc1ccccc1)SC(C)CC. The summed E-state index contributed by atoms with van der Waals surface area (Å²) in [6.07, 6.45) is 0.930. The Balaban J connectivity index is 2.74. The molecule has 0 aromatic heterocycles. The van der Waals surface area contributed by atoms with Crippen molar-refractivity contribution in [3.8, 4) is 5.75 Å². The predicted molar refractivity (Wildman–Crippen MR) is 73.6 cm³/mol. The van der Waals surface area contributed by atoms with E-state index in [2.05, 4.69) is 6.92 Å².